The van der Waals surface area contributed by atoms with Gasteiger partial charge < -0.3 is 25.0 Å². The van der Waals surface area contributed by atoms with E-state index in [2.05, 4.69) is 25.1 Å². The van der Waals surface area contributed by atoms with E-state index in [0.29, 0.717) is 18.0 Å². The number of piperazine rings is 1. The summed E-state index contributed by atoms with van der Waals surface area (Å²) in [7, 11) is 1.74. The molecular formula is C24H27FIN5O2. The number of anilines is 1. The predicted molar refractivity (Wildman–Crippen MR) is 138 cm³/mol. The van der Waals surface area contributed by atoms with Crippen LogP contribution in [0.5, 0.6) is 17.2 Å². The van der Waals surface area contributed by atoms with Gasteiger partial charge in [-0.1, -0.05) is 18.2 Å². The average Bonchev–Trinajstić information content (AvgIpc) is 2.83. The Morgan fingerprint density at radius 3 is 2.58 bits per heavy atom. The van der Waals surface area contributed by atoms with E-state index in [9.17, 15) is 9.50 Å². The number of aromatic hydroxyl groups is 1. The van der Waals surface area contributed by atoms with Gasteiger partial charge in [0.15, 0.2) is 17.5 Å². The summed E-state index contributed by atoms with van der Waals surface area (Å²) >= 11 is 0. The van der Waals surface area contributed by atoms with Crippen LogP contribution in [0.3, 0.4) is 0 Å². The number of halogens is 2. The molecule has 1 aliphatic heterocycles. The highest BCUT2D eigenvalue weighted by atomic mass is 127. The van der Waals surface area contributed by atoms with Gasteiger partial charge in [0.05, 0.1) is 11.9 Å². The van der Waals surface area contributed by atoms with Gasteiger partial charge in [0.1, 0.15) is 11.5 Å². The Hall–Kier alpha value is -3.08. The minimum Gasteiger partial charge on any atom is -0.506 e. The van der Waals surface area contributed by atoms with Crippen LogP contribution in [0.15, 0.2) is 72.0 Å². The first-order valence-corrected chi connectivity index (χ1v) is 10.5. The largest absolute Gasteiger partial charge is 0.506 e. The van der Waals surface area contributed by atoms with Crippen molar-refractivity contribution in [2.45, 2.75) is 6.54 Å². The highest BCUT2D eigenvalue weighted by molar-refractivity contribution is 14.0. The molecule has 1 saturated heterocycles. The first-order valence-electron chi connectivity index (χ1n) is 10.5. The maximum absolute atomic E-state index is 14.5. The van der Waals surface area contributed by atoms with Gasteiger partial charge in [0.2, 0.25) is 0 Å². The van der Waals surface area contributed by atoms with Crippen LogP contribution in [-0.4, -0.2) is 54.2 Å². The molecule has 0 unspecified atom stereocenters. The number of benzene rings is 2. The number of para-hydroxylation sites is 2. The van der Waals surface area contributed by atoms with Gasteiger partial charge >= 0.3 is 0 Å². The van der Waals surface area contributed by atoms with Gasteiger partial charge in [-0.15, -0.1) is 24.0 Å². The number of nitrogens with one attached hydrogen (secondary N) is 1. The summed E-state index contributed by atoms with van der Waals surface area (Å²) in [5, 5.41) is 13.4. The van der Waals surface area contributed by atoms with Crippen LogP contribution in [0.25, 0.3) is 0 Å². The lowest BCUT2D eigenvalue weighted by Gasteiger charge is -2.37. The smallest absolute Gasteiger partial charge is 0.194 e. The molecular weight excluding hydrogens is 536 g/mol. The second-order valence-corrected chi connectivity index (χ2v) is 7.42. The van der Waals surface area contributed by atoms with Crippen molar-refractivity contribution in [3.05, 3.63) is 78.4 Å². The molecule has 174 valence electrons. The van der Waals surface area contributed by atoms with Crippen LogP contribution in [0.1, 0.15) is 5.56 Å². The summed E-state index contributed by atoms with van der Waals surface area (Å²) in [4.78, 5) is 12.7. The number of hydrogen-bond donors (Lipinski definition) is 2. The number of phenols is 1. The zero-order valence-corrected chi connectivity index (χ0v) is 20.6. The fourth-order valence-electron chi connectivity index (χ4n) is 3.68. The van der Waals surface area contributed by atoms with Crippen molar-refractivity contribution in [3.8, 4) is 17.2 Å². The SMILES string of the molecule is CN=C(NCc1ccc(Oc2cccnc2)c(F)c1)N1CCN(c2ccccc2O)CC1.I. The standard InChI is InChI=1S/C24H26FN5O2.HI/c1-26-24(30-13-11-29(12-14-30)21-6-2-3-7-22(21)31)28-16-18-8-9-23(20(25)15-18)32-19-5-4-10-27-17-19;/h2-10,15,17,31H,11-14,16H2,1H3,(H,26,28);1H. The maximum atomic E-state index is 14.5. The molecule has 3 aromatic rings. The van der Waals surface area contributed by atoms with E-state index in [0.717, 1.165) is 43.4 Å². The molecule has 7 nitrogen and oxygen atoms in total. The van der Waals surface area contributed by atoms with Crippen LogP contribution in [0, 0.1) is 5.82 Å². The maximum Gasteiger partial charge on any atom is 0.194 e. The van der Waals surface area contributed by atoms with Crippen LogP contribution in [0.4, 0.5) is 10.1 Å². The van der Waals surface area contributed by atoms with E-state index in [1.165, 1.54) is 12.3 Å². The molecule has 0 aliphatic carbocycles. The molecule has 2 N–H and O–H groups in total. The minimum atomic E-state index is -0.431. The van der Waals surface area contributed by atoms with Crippen molar-refractivity contribution in [1.82, 2.24) is 15.2 Å². The molecule has 1 fully saturated rings. The number of ether oxygens (including phenoxy) is 1. The number of aliphatic imine (C=N–C) groups is 1. The Morgan fingerprint density at radius 2 is 1.91 bits per heavy atom. The van der Waals surface area contributed by atoms with Gasteiger partial charge in [-0.2, -0.15) is 0 Å². The molecule has 33 heavy (non-hydrogen) atoms. The molecule has 0 amide bonds. The lowest BCUT2D eigenvalue weighted by molar-refractivity contribution is 0.369. The first-order chi connectivity index (χ1) is 15.6. The Morgan fingerprint density at radius 1 is 1.12 bits per heavy atom. The molecule has 9 heteroatoms. The van der Waals surface area contributed by atoms with Crippen molar-refractivity contribution >= 4 is 35.6 Å². The van der Waals surface area contributed by atoms with Crippen LogP contribution in [0.2, 0.25) is 0 Å². The highest BCUT2D eigenvalue weighted by Gasteiger charge is 2.21. The molecule has 2 aromatic carbocycles. The monoisotopic (exact) mass is 563 g/mol. The molecule has 1 aliphatic rings. The quantitative estimate of drug-likeness (QED) is 0.275. The van der Waals surface area contributed by atoms with Crippen molar-refractivity contribution in [1.29, 1.82) is 0 Å². The highest BCUT2D eigenvalue weighted by Crippen LogP contribution is 2.27. The molecule has 0 bridgehead atoms. The fourth-order valence-corrected chi connectivity index (χ4v) is 3.68. The average molecular weight is 563 g/mol. The zero-order valence-electron chi connectivity index (χ0n) is 18.3. The number of guanidine groups is 1. The van der Waals surface area contributed by atoms with Gasteiger partial charge in [0, 0.05) is 46.0 Å². The summed E-state index contributed by atoms with van der Waals surface area (Å²) in [6.45, 7) is 3.51. The third kappa shape index (κ3) is 6.25. The lowest BCUT2D eigenvalue weighted by Crippen LogP contribution is -2.52. The number of nitrogens with zero attached hydrogens (tertiary/aromatic N) is 4. The van der Waals surface area contributed by atoms with Gasteiger partial charge in [-0.25, -0.2) is 4.39 Å². The van der Waals surface area contributed by atoms with Gasteiger partial charge in [-0.3, -0.25) is 9.98 Å². The second-order valence-electron chi connectivity index (χ2n) is 7.42. The van der Waals surface area contributed by atoms with Crippen molar-refractivity contribution in [2.75, 3.05) is 38.1 Å². The molecule has 2 heterocycles. The molecule has 0 atom stereocenters. The van der Waals surface area contributed by atoms with E-state index >= 15 is 0 Å². The second kappa shape index (κ2) is 11.7. The van der Waals surface area contributed by atoms with E-state index in [-0.39, 0.29) is 29.7 Å². The molecule has 0 spiro atoms. The van der Waals surface area contributed by atoms with E-state index < -0.39 is 5.82 Å². The van der Waals surface area contributed by atoms with E-state index in [4.69, 9.17) is 4.74 Å². The fraction of sp³-hybridized carbons (Fsp3) is 0.250. The zero-order chi connectivity index (χ0) is 22.3. The Labute approximate surface area is 209 Å². The number of phenolic OH excluding ortho intramolecular Hbond substituents is 1. The summed E-state index contributed by atoms with van der Waals surface area (Å²) in [5.74, 6) is 1.27. The normalized spacial score (nSPS) is 13.9. The van der Waals surface area contributed by atoms with E-state index in [1.807, 2.05) is 24.3 Å². The van der Waals surface area contributed by atoms with Gasteiger partial charge in [-0.05, 0) is 42.0 Å². The van der Waals surface area contributed by atoms with E-state index in [1.54, 1.807) is 37.5 Å². The summed E-state index contributed by atoms with van der Waals surface area (Å²) in [5.41, 5.74) is 1.63. The lowest BCUT2D eigenvalue weighted by atomic mass is 10.2. The number of pyridine rings is 1. The summed E-state index contributed by atoms with van der Waals surface area (Å²) in [6.07, 6.45) is 3.17. The molecule has 0 saturated carbocycles. The predicted octanol–water partition coefficient (Wildman–Crippen LogP) is 4.23. The van der Waals surface area contributed by atoms with Gasteiger partial charge in [0.25, 0.3) is 0 Å². The Balaban J connectivity index is 0.00000306. The van der Waals surface area contributed by atoms with Crippen LogP contribution >= 0.6 is 24.0 Å². The van der Waals surface area contributed by atoms with Crippen molar-refractivity contribution in [2.24, 2.45) is 4.99 Å². The number of aromatic nitrogens is 1. The molecule has 0 radical (unpaired) electrons. The number of hydrogen-bond acceptors (Lipinski definition) is 5. The molecule has 1 aromatic heterocycles. The van der Waals surface area contributed by atoms with Crippen molar-refractivity contribution < 1.29 is 14.2 Å². The number of rotatable bonds is 5. The van der Waals surface area contributed by atoms with Crippen LogP contribution in [-0.2, 0) is 6.54 Å². The summed E-state index contributed by atoms with van der Waals surface area (Å²) in [6, 6.07) is 15.7. The first kappa shape index (κ1) is 24.6. The Bertz CT molecular complexity index is 1080. The van der Waals surface area contributed by atoms with Crippen LogP contribution < -0.4 is 15.0 Å². The third-order valence-corrected chi connectivity index (χ3v) is 5.32. The summed E-state index contributed by atoms with van der Waals surface area (Å²) < 4.78 is 20.0. The molecule has 4 rings (SSSR count). The minimum absolute atomic E-state index is 0. The third-order valence-electron chi connectivity index (χ3n) is 5.32. The topological polar surface area (TPSA) is 73.2 Å². The Kier molecular flexibility index (Phi) is 8.70. The van der Waals surface area contributed by atoms with Crippen molar-refractivity contribution in [3.63, 3.8) is 0 Å².